The molecule has 6 heteroatoms. The Morgan fingerprint density at radius 2 is 1.64 bits per heavy atom. The van der Waals surface area contributed by atoms with Crippen molar-refractivity contribution in [2.45, 2.75) is 0 Å². The number of rotatable bonds is 2. The van der Waals surface area contributed by atoms with E-state index in [2.05, 4.69) is 20.7 Å². The number of hydrogen-bond donors (Lipinski definition) is 0. The van der Waals surface area contributed by atoms with E-state index in [1.54, 1.807) is 24.3 Å². The fourth-order valence-corrected chi connectivity index (χ4v) is 2.57. The summed E-state index contributed by atoms with van der Waals surface area (Å²) in [6.07, 6.45) is 0. The summed E-state index contributed by atoms with van der Waals surface area (Å²) in [5, 5.41) is 0. The largest absolute Gasteiger partial charge is 0.465 e. The average molecular weight is 360 g/mol. The van der Waals surface area contributed by atoms with Crippen LogP contribution in [0.5, 0.6) is 0 Å². The molecule has 0 saturated carbocycles. The molecule has 0 spiro atoms. The summed E-state index contributed by atoms with van der Waals surface area (Å²) in [5.41, 5.74) is 1.20. The Balaban J connectivity index is 2.05. The SMILES string of the molecule is COC(=O)c1ccc2c(c1)C(=O)N(c1ccc(Br)cc1)C2=O. The Morgan fingerprint density at radius 3 is 2.27 bits per heavy atom. The van der Waals surface area contributed by atoms with Gasteiger partial charge in [0.15, 0.2) is 0 Å². The number of imide groups is 1. The summed E-state index contributed by atoms with van der Waals surface area (Å²) in [7, 11) is 1.26. The van der Waals surface area contributed by atoms with Gasteiger partial charge in [-0.2, -0.15) is 0 Å². The molecule has 2 aromatic carbocycles. The zero-order valence-electron chi connectivity index (χ0n) is 11.5. The maximum atomic E-state index is 12.5. The molecule has 1 aliphatic heterocycles. The first-order valence-electron chi connectivity index (χ1n) is 6.39. The Bertz CT molecular complexity index is 798. The maximum Gasteiger partial charge on any atom is 0.337 e. The minimum Gasteiger partial charge on any atom is -0.465 e. The number of carbonyl (C=O) groups excluding carboxylic acids is 3. The smallest absolute Gasteiger partial charge is 0.337 e. The summed E-state index contributed by atoms with van der Waals surface area (Å²) >= 11 is 3.31. The molecule has 2 amide bonds. The average Bonchev–Trinajstić information content (AvgIpc) is 2.79. The van der Waals surface area contributed by atoms with Gasteiger partial charge in [0.25, 0.3) is 11.8 Å². The molecule has 0 radical (unpaired) electrons. The zero-order chi connectivity index (χ0) is 15.9. The lowest BCUT2D eigenvalue weighted by Crippen LogP contribution is -2.29. The summed E-state index contributed by atoms with van der Waals surface area (Å²) in [6.45, 7) is 0. The molecule has 0 fully saturated rings. The second-order valence-corrected chi connectivity index (χ2v) is 5.59. The minimum atomic E-state index is -0.551. The number of ether oxygens (including phenoxy) is 1. The van der Waals surface area contributed by atoms with Gasteiger partial charge < -0.3 is 4.74 Å². The van der Waals surface area contributed by atoms with Crippen LogP contribution in [0.2, 0.25) is 0 Å². The van der Waals surface area contributed by atoms with E-state index in [4.69, 9.17) is 0 Å². The van der Waals surface area contributed by atoms with E-state index < -0.39 is 17.8 Å². The van der Waals surface area contributed by atoms with Crippen molar-refractivity contribution in [3.05, 3.63) is 63.6 Å². The van der Waals surface area contributed by atoms with E-state index in [0.717, 1.165) is 9.37 Å². The number of anilines is 1. The first-order chi connectivity index (χ1) is 10.5. The second kappa shape index (κ2) is 5.38. The van der Waals surface area contributed by atoms with Gasteiger partial charge in [0.2, 0.25) is 0 Å². The standard InChI is InChI=1S/C16H10BrNO4/c1-22-16(21)9-2-7-12-13(8-9)15(20)18(14(12)19)11-5-3-10(17)4-6-11/h2-8H,1H3. The van der Waals surface area contributed by atoms with E-state index in [1.165, 1.54) is 25.3 Å². The molecular weight excluding hydrogens is 350 g/mol. The van der Waals surface area contributed by atoms with Crippen molar-refractivity contribution in [1.82, 2.24) is 0 Å². The monoisotopic (exact) mass is 359 g/mol. The minimum absolute atomic E-state index is 0.204. The summed E-state index contributed by atoms with van der Waals surface area (Å²) in [6, 6.07) is 11.2. The van der Waals surface area contributed by atoms with Crippen LogP contribution < -0.4 is 4.90 Å². The Hall–Kier alpha value is -2.47. The van der Waals surface area contributed by atoms with Gasteiger partial charge in [-0.15, -0.1) is 0 Å². The Kier molecular flexibility index (Phi) is 3.54. The third-order valence-corrected chi connectivity index (χ3v) is 3.92. The summed E-state index contributed by atoms with van der Waals surface area (Å²) in [4.78, 5) is 37.6. The normalized spacial score (nSPS) is 13.3. The predicted molar refractivity (Wildman–Crippen MR) is 83.1 cm³/mol. The summed E-state index contributed by atoms with van der Waals surface area (Å²) < 4.78 is 5.48. The van der Waals surface area contributed by atoms with Crippen molar-refractivity contribution in [2.75, 3.05) is 12.0 Å². The van der Waals surface area contributed by atoms with Gasteiger partial charge in [-0.1, -0.05) is 15.9 Å². The molecule has 0 atom stereocenters. The van der Waals surface area contributed by atoms with Crippen LogP contribution in [0.25, 0.3) is 0 Å². The molecule has 1 aliphatic rings. The van der Waals surface area contributed by atoms with Crippen LogP contribution in [-0.2, 0) is 4.74 Å². The third kappa shape index (κ3) is 2.21. The molecule has 5 nitrogen and oxygen atoms in total. The molecule has 0 bridgehead atoms. The van der Waals surface area contributed by atoms with Crippen molar-refractivity contribution < 1.29 is 19.1 Å². The van der Waals surface area contributed by atoms with E-state index >= 15 is 0 Å². The van der Waals surface area contributed by atoms with Crippen LogP contribution in [0, 0.1) is 0 Å². The fraction of sp³-hybridized carbons (Fsp3) is 0.0625. The maximum absolute atomic E-state index is 12.5. The quantitative estimate of drug-likeness (QED) is 0.610. The lowest BCUT2D eigenvalue weighted by atomic mass is 10.1. The molecule has 3 rings (SSSR count). The predicted octanol–water partition coefficient (Wildman–Crippen LogP) is 3.04. The van der Waals surface area contributed by atoms with Crippen LogP contribution in [-0.4, -0.2) is 24.9 Å². The van der Waals surface area contributed by atoms with Gasteiger partial charge in [-0.3, -0.25) is 9.59 Å². The molecule has 0 saturated heterocycles. The van der Waals surface area contributed by atoms with Crippen molar-refractivity contribution >= 4 is 39.4 Å². The van der Waals surface area contributed by atoms with Crippen LogP contribution in [0.4, 0.5) is 5.69 Å². The second-order valence-electron chi connectivity index (χ2n) is 4.67. The molecule has 22 heavy (non-hydrogen) atoms. The fourth-order valence-electron chi connectivity index (χ4n) is 2.31. The molecule has 0 aliphatic carbocycles. The highest BCUT2D eigenvalue weighted by Gasteiger charge is 2.37. The highest BCUT2D eigenvalue weighted by atomic mass is 79.9. The lowest BCUT2D eigenvalue weighted by Gasteiger charge is -2.13. The molecule has 110 valence electrons. The zero-order valence-corrected chi connectivity index (χ0v) is 13.1. The molecule has 1 heterocycles. The number of fused-ring (bicyclic) bond motifs is 1. The molecular formula is C16H10BrNO4. The van der Waals surface area contributed by atoms with Crippen molar-refractivity contribution in [2.24, 2.45) is 0 Å². The Morgan fingerprint density at radius 1 is 1.00 bits per heavy atom. The van der Waals surface area contributed by atoms with E-state index in [1.807, 2.05) is 0 Å². The number of esters is 1. The highest BCUT2D eigenvalue weighted by molar-refractivity contribution is 9.10. The number of benzene rings is 2. The van der Waals surface area contributed by atoms with E-state index in [-0.39, 0.29) is 16.7 Å². The number of amides is 2. The lowest BCUT2D eigenvalue weighted by molar-refractivity contribution is 0.0600. The molecule has 0 N–H and O–H groups in total. The van der Waals surface area contributed by atoms with Crippen LogP contribution in [0.15, 0.2) is 46.9 Å². The van der Waals surface area contributed by atoms with Crippen molar-refractivity contribution in [3.8, 4) is 0 Å². The summed E-state index contributed by atoms with van der Waals surface area (Å²) in [5.74, 6) is -1.41. The van der Waals surface area contributed by atoms with Crippen LogP contribution in [0.3, 0.4) is 0 Å². The number of carbonyl (C=O) groups is 3. The first kappa shape index (κ1) is 14.5. The van der Waals surface area contributed by atoms with Crippen molar-refractivity contribution in [1.29, 1.82) is 0 Å². The van der Waals surface area contributed by atoms with E-state index in [0.29, 0.717) is 5.69 Å². The van der Waals surface area contributed by atoms with Crippen LogP contribution >= 0.6 is 15.9 Å². The number of methoxy groups -OCH3 is 1. The molecule has 0 unspecified atom stereocenters. The number of halogens is 1. The van der Waals surface area contributed by atoms with Crippen LogP contribution in [0.1, 0.15) is 31.1 Å². The third-order valence-electron chi connectivity index (χ3n) is 3.39. The molecule has 0 aromatic heterocycles. The topological polar surface area (TPSA) is 63.7 Å². The van der Waals surface area contributed by atoms with Gasteiger partial charge >= 0.3 is 5.97 Å². The van der Waals surface area contributed by atoms with E-state index in [9.17, 15) is 14.4 Å². The van der Waals surface area contributed by atoms with Gasteiger partial charge in [-0.05, 0) is 42.5 Å². The van der Waals surface area contributed by atoms with Gasteiger partial charge in [-0.25, -0.2) is 9.69 Å². The molecule has 2 aromatic rings. The van der Waals surface area contributed by atoms with Gasteiger partial charge in [0, 0.05) is 4.47 Å². The number of nitrogens with zero attached hydrogens (tertiary/aromatic N) is 1. The first-order valence-corrected chi connectivity index (χ1v) is 7.19. The number of hydrogen-bond acceptors (Lipinski definition) is 4. The van der Waals surface area contributed by atoms with Gasteiger partial charge in [0.05, 0.1) is 29.5 Å². The van der Waals surface area contributed by atoms with Crippen molar-refractivity contribution in [3.63, 3.8) is 0 Å². The Labute approximate surface area is 134 Å². The van der Waals surface area contributed by atoms with Gasteiger partial charge in [0.1, 0.15) is 0 Å². The highest BCUT2D eigenvalue weighted by Crippen LogP contribution is 2.30.